The molecule has 3 aromatic carbocycles. The molecule has 1 saturated heterocycles. The number of carbonyl (C=O) groups excluding carboxylic acids is 2. The lowest BCUT2D eigenvalue weighted by Crippen LogP contribution is -2.49. The van der Waals surface area contributed by atoms with Gasteiger partial charge in [0.15, 0.2) is 0 Å². The summed E-state index contributed by atoms with van der Waals surface area (Å²) in [4.78, 5) is 41.7. The molecule has 1 fully saturated rings. The molecular weight excluding hydrogens is 587 g/mol. The van der Waals surface area contributed by atoms with Crippen molar-refractivity contribution in [3.8, 4) is 6.07 Å². The number of urea groups is 1. The quantitative estimate of drug-likeness (QED) is 0.303. The van der Waals surface area contributed by atoms with Gasteiger partial charge in [-0.25, -0.2) is 23.3 Å². The second kappa shape index (κ2) is 10.2. The Kier molecular flexibility index (Phi) is 7.12. The number of benzene rings is 3. The zero-order valence-corrected chi connectivity index (χ0v) is 24.1. The molecule has 214 valence electrons. The van der Waals surface area contributed by atoms with Crippen LogP contribution in [0.3, 0.4) is 0 Å². The average molecular weight is 610 g/mol. The van der Waals surface area contributed by atoms with Gasteiger partial charge in [0.05, 0.1) is 28.4 Å². The summed E-state index contributed by atoms with van der Waals surface area (Å²) in [6.45, 7) is 5.57. The zero-order valence-electron chi connectivity index (χ0n) is 22.6. The van der Waals surface area contributed by atoms with Crippen LogP contribution in [0.4, 0.5) is 19.3 Å². The van der Waals surface area contributed by atoms with Gasteiger partial charge in [-0.1, -0.05) is 62.2 Å². The summed E-state index contributed by atoms with van der Waals surface area (Å²) < 4.78 is 31.6. The van der Waals surface area contributed by atoms with Crippen molar-refractivity contribution in [2.45, 2.75) is 38.6 Å². The number of carbonyl (C=O) groups is 3. The predicted octanol–water partition coefficient (Wildman–Crippen LogP) is 7.43. The van der Waals surface area contributed by atoms with Crippen molar-refractivity contribution in [3.05, 3.63) is 105 Å². The van der Waals surface area contributed by atoms with E-state index in [1.54, 1.807) is 0 Å². The maximum atomic E-state index is 15.8. The summed E-state index contributed by atoms with van der Waals surface area (Å²) >= 11 is 12.2. The van der Waals surface area contributed by atoms with Crippen LogP contribution in [0, 0.1) is 28.4 Å². The predicted molar refractivity (Wildman–Crippen MR) is 153 cm³/mol. The highest BCUT2D eigenvalue weighted by Gasteiger charge is 2.64. The third-order valence-corrected chi connectivity index (χ3v) is 7.95. The molecule has 1 N–H and O–H groups in total. The zero-order chi connectivity index (χ0) is 30.7. The maximum Gasteiger partial charge on any atom is 0.336 e. The first-order chi connectivity index (χ1) is 19.7. The van der Waals surface area contributed by atoms with E-state index in [4.69, 9.17) is 23.2 Å². The smallest absolute Gasteiger partial charge is 0.336 e. The Morgan fingerprint density at radius 2 is 1.74 bits per heavy atom. The van der Waals surface area contributed by atoms with Gasteiger partial charge in [0, 0.05) is 21.7 Å². The van der Waals surface area contributed by atoms with Crippen LogP contribution < -0.4 is 4.90 Å². The molecule has 5 rings (SSSR count). The number of anilines is 1. The molecule has 0 radical (unpaired) electrons. The van der Waals surface area contributed by atoms with E-state index in [2.05, 4.69) is 6.07 Å². The summed E-state index contributed by atoms with van der Waals surface area (Å²) in [7, 11) is 0. The van der Waals surface area contributed by atoms with Gasteiger partial charge < -0.3 is 5.11 Å². The SMILES string of the molecule is CC(C)(C)C[C@@H]1N2C(=O)N(c3ccc(C(=O)O)cc3)C(=O)C2=C(c2cccc(Cl)c2F)[C@@]1(C#N)c1ccc(Cl)cc1F. The number of hydrogen-bond donors (Lipinski definition) is 1. The van der Waals surface area contributed by atoms with Gasteiger partial charge in [0.2, 0.25) is 0 Å². The van der Waals surface area contributed by atoms with Crippen molar-refractivity contribution in [2.24, 2.45) is 5.41 Å². The molecule has 2 aliphatic rings. The molecule has 2 heterocycles. The van der Waals surface area contributed by atoms with Crippen molar-refractivity contribution in [3.63, 3.8) is 0 Å². The van der Waals surface area contributed by atoms with E-state index in [0.717, 1.165) is 15.9 Å². The van der Waals surface area contributed by atoms with Crippen LogP contribution in [0.2, 0.25) is 10.0 Å². The summed E-state index contributed by atoms with van der Waals surface area (Å²) in [6.07, 6.45) is 0.0998. The molecule has 0 unspecified atom stereocenters. The lowest BCUT2D eigenvalue weighted by atomic mass is 9.65. The molecule has 0 bridgehead atoms. The third-order valence-electron chi connectivity index (χ3n) is 7.42. The summed E-state index contributed by atoms with van der Waals surface area (Å²) in [5, 5.41) is 20.0. The fourth-order valence-corrected chi connectivity index (χ4v) is 6.05. The van der Waals surface area contributed by atoms with Crippen molar-refractivity contribution < 1.29 is 28.3 Å². The minimum atomic E-state index is -2.05. The van der Waals surface area contributed by atoms with Gasteiger partial charge in [-0.05, 0) is 54.3 Å². The van der Waals surface area contributed by atoms with Crippen LogP contribution in [-0.2, 0) is 10.2 Å². The number of fused-ring (bicyclic) bond motifs is 1. The monoisotopic (exact) mass is 609 g/mol. The minimum absolute atomic E-state index is 0.0569. The van der Waals surface area contributed by atoms with E-state index in [1.165, 1.54) is 54.6 Å². The fraction of sp³-hybridized carbons (Fsp3) is 0.226. The Morgan fingerprint density at radius 3 is 2.31 bits per heavy atom. The number of nitriles is 1. The number of imide groups is 1. The summed E-state index contributed by atoms with van der Waals surface area (Å²) in [6, 6.07) is 13.0. The van der Waals surface area contributed by atoms with E-state index >= 15 is 8.78 Å². The summed E-state index contributed by atoms with van der Waals surface area (Å²) in [5.74, 6) is -3.90. The molecule has 7 nitrogen and oxygen atoms in total. The highest BCUT2D eigenvalue weighted by atomic mass is 35.5. The van der Waals surface area contributed by atoms with Crippen molar-refractivity contribution in [1.82, 2.24) is 4.90 Å². The number of hydrogen-bond acceptors (Lipinski definition) is 4. The normalized spacial score (nSPS) is 20.3. The number of halogens is 4. The average Bonchev–Trinajstić information content (AvgIpc) is 3.33. The first-order valence-electron chi connectivity index (χ1n) is 12.8. The van der Waals surface area contributed by atoms with Crippen LogP contribution >= 0.6 is 23.2 Å². The fourth-order valence-electron chi connectivity index (χ4n) is 5.72. The van der Waals surface area contributed by atoms with Gasteiger partial charge in [0.25, 0.3) is 5.91 Å². The molecule has 0 aliphatic carbocycles. The molecule has 2 aliphatic heterocycles. The van der Waals surface area contributed by atoms with E-state index in [-0.39, 0.29) is 50.1 Å². The Morgan fingerprint density at radius 1 is 1.07 bits per heavy atom. The van der Waals surface area contributed by atoms with Crippen LogP contribution in [-0.4, -0.2) is 34.0 Å². The molecule has 0 spiro atoms. The Hall–Kier alpha value is -4.26. The molecule has 42 heavy (non-hydrogen) atoms. The topological polar surface area (TPSA) is 102 Å². The molecule has 2 atom stereocenters. The number of rotatable bonds is 5. The number of aromatic carboxylic acids is 1. The van der Waals surface area contributed by atoms with E-state index in [1.807, 2.05) is 20.8 Å². The highest BCUT2D eigenvalue weighted by molar-refractivity contribution is 6.32. The highest BCUT2D eigenvalue weighted by Crippen LogP contribution is 2.57. The van der Waals surface area contributed by atoms with Gasteiger partial charge >= 0.3 is 12.0 Å². The molecular formula is C31H23Cl2F2N3O4. The number of nitrogens with zero attached hydrogens (tertiary/aromatic N) is 3. The van der Waals surface area contributed by atoms with Gasteiger partial charge in [-0.3, -0.25) is 9.69 Å². The van der Waals surface area contributed by atoms with Crippen molar-refractivity contribution in [1.29, 1.82) is 5.26 Å². The van der Waals surface area contributed by atoms with Crippen LogP contribution in [0.15, 0.2) is 66.4 Å². The lowest BCUT2D eigenvalue weighted by molar-refractivity contribution is -0.114. The van der Waals surface area contributed by atoms with Crippen molar-refractivity contribution >= 4 is 52.4 Å². The first-order valence-corrected chi connectivity index (χ1v) is 13.6. The third kappa shape index (κ3) is 4.42. The minimum Gasteiger partial charge on any atom is -0.478 e. The largest absolute Gasteiger partial charge is 0.478 e. The Bertz CT molecular complexity index is 1740. The molecule has 3 amide bonds. The maximum absolute atomic E-state index is 15.8. The lowest BCUT2D eigenvalue weighted by Gasteiger charge is -2.39. The van der Waals surface area contributed by atoms with Gasteiger partial charge in [-0.15, -0.1) is 0 Å². The molecule has 0 aromatic heterocycles. The number of carboxylic acid groups (broad SMARTS) is 1. The molecule has 11 heteroatoms. The van der Waals surface area contributed by atoms with Crippen LogP contribution in [0.5, 0.6) is 0 Å². The van der Waals surface area contributed by atoms with Crippen molar-refractivity contribution in [2.75, 3.05) is 4.90 Å². The summed E-state index contributed by atoms with van der Waals surface area (Å²) in [5.41, 5.74) is -3.53. The molecule has 0 saturated carbocycles. The number of carboxylic acids is 1. The van der Waals surface area contributed by atoms with Gasteiger partial charge in [-0.2, -0.15) is 5.26 Å². The van der Waals surface area contributed by atoms with Crippen LogP contribution in [0.25, 0.3) is 5.57 Å². The molecule has 3 aromatic rings. The first kappa shape index (κ1) is 29.2. The Balaban J connectivity index is 1.88. The number of amides is 3. The van der Waals surface area contributed by atoms with E-state index in [9.17, 15) is 24.8 Å². The van der Waals surface area contributed by atoms with E-state index in [0.29, 0.717) is 0 Å². The Labute approximate surface area is 250 Å². The second-order valence-electron chi connectivity index (χ2n) is 11.3. The second-order valence-corrected chi connectivity index (χ2v) is 12.1. The van der Waals surface area contributed by atoms with Crippen LogP contribution in [0.1, 0.15) is 48.7 Å². The van der Waals surface area contributed by atoms with Gasteiger partial charge in [0.1, 0.15) is 22.7 Å². The standard InChI is InChI=1S/C31H23Cl2F2N3O4/c1-30(2,3)14-23-31(15-36,20-12-9-17(32)13-22(20)34)24(19-5-4-6-21(33)25(19)35)26-27(39)37(29(42)38(23)26)18-10-7-16(8-11-18)28(40)41/h4-13,23H,14H2,1-3H3,(H,40,41)/t23-,31-/m0/s1. The van der Waals surface area contributed by atoms with E-state index < -0.39 is 46.4 Å².